The van der Waals surface area contributed by atoms with Gasteiger partial charge >= 0.3 is 5.97 Å². The maximum absolute atomic E-state index is 13.7. The van der Waals surface area contributed by atoms with E-state index in [1.54, 1.807) is 25.1 Å². The Morgan fingerprint density at radius 3 is 2.52 bits per heavy atom. The van der Waals surface area contributed by atoms with E-state index in [-0.39, 0.29) is 17.6 Å². The minimum atomic E-state index is -0.932. The highest BCUT2D eigenvalue weighted by Gasteiger charge is 2.41. The normalized spacial score (nSPS) is 26.3. The first kappa shape index (κ1) is 15.5. The van der Waals surface area contributed by atoms with Gasteiger partial charge in [-0.1, -0.05) is 25.1 Å². The summed E-state index contributed by atoms with van der Waals surface area (Å²) in [5.41, 5.74) is 0.406. The van der Waals surface area contributed by atoms with Gasteiger partial charge in [0.2, 0.25) is 5.91 Å². The summed E-state index contributed by atoms with van der Waals surface area (Å²) in [5.74, 6) is -2.58. The van der Waals surface area contributed by atoms with Crippen LogP contribution >= 0.6 is 0 Å². The van der Waals surface area contributed by atoms with E-state index < -0.39 is 23.8 Å². The van der Waals surface area contributed by atoms with Crippen molar-refractivity contribution in [3.63, 3.8) is 0 Å². The lowest BCUT2D eigenvalue weighted by Crippen LogP contribution is -2.36. The monoisotopic (exact) mass is 293 g/mol. The van der Waals surface area contributed by atoms with Crippen LogP contribution in [0.5, 0.6) is 0 Å². The van der Waals surface area contributed by atoms with Crippen LogP contribution in [0.1, 0.15) is 38.3 Å². The topological polar surface area (TPSA) is 66.4 Å². The lowest BCUT2D eigenvalue weighted by molar-refractivity contribution is -0.146. The van der Waals surface area contributed by atoms with E-state index in [9.17, 15) is 19.1 Å². The number of carbonyl (C=O) groups excluding carboxylic acids is 1. The molecule has 21 heavy (non-hydrogen) atoms. The van der Waals surface area contributed by atoms with Gasteiger partial charge in [-0.3, -0.25) is 9.59 Å². The van der Waals surface area contributed by atoms with E-state index >= 15 is 0 Å². The molecule has 2 rings (SSSR count). The van der Waals surface area contributed by atoms with Crippen LogP contribution in [0.4, 0.5) is 4.39 Å². The Labute approximate surface area is 123 Å². The van der Waals surface area contributed by atoms with Crippen LogP contribution in [0.25, 0.3) is 0 Å². The lowest BCUT2D eigenvalue weighted by atomic mass is 9.94. The highest BCUT2D eigenvalue weighted by Crippen LogP contribution is 2.37. The Hall–Kier alpha value is -1.91. The van der Waals surface area contributed by atoms with Gasteiger partial charge in [0.15, 0.2) is 0 Å². The summed E-state index contributed by atoms with van der Waals surface area (Å²) in [5, 5.41) is 11.9. The fraction of sp³-hybridized carbons (Fsp3) is 0.500. The number of carboxylic acids is 1. The molecule has 0 spiro atoms. The van der Waals surface area contributed by atoms with Crippen LogP contribution < -0.4 is 5.32 Å². The zero-order valence-electron chi connectivity index (χ0n) is 12.2. The number of benzene rings is 1. The molecular weight excluding hydrogens is 273 g/mol. The molecule has 0 bridgehead atoms. The maximum Gasteiger partial charge on any atom is 0.307 e. The van der Waals surface area contributed by atoms with Crippen LogP contribution in [0.3, 0.4) is 0 Å². The predicted octanol–water partition coefficient (Wildman–Crippen LogP) is 2.75. The molecular formula is C16H20FNO3. The lowest BCUT2D eigenvalue weighted by Gasteiger charge is -2.20. The quantitative estimate of drug-likeness (QED) is 0.897. The van der Waals surface area contributed by atoms with Crippen LogP contribution in [0.15, 0.2) is 24.3 Å². The highest BCUT2D eigenvalue weighted by molar-refractivity contribution is 5.85. The molecule has 1 aromatic rings. The zero-order valence-corrected chi connectivity index (χ0v) is 12.2. The van der Waals surface area contributed by atoms with Gasteiger partial charge in [0.1, 0.15) is 5.82 Å². The number of nitrogens with one attached hydrogen (secondary N) is 1. The fourth-order valence-corrected chi connectivity index (χ4v) is 3.08. The van der Waals surface area contributed by atoms with Crippen molar-refractivity contribution in [2.45, 2.75) is 32.7 Å². The molecule has 1 fully saturated rings. The van der Waals surface area contributed by atoms with E-state index in [0.29, 0.717) is 18.4 Å². The summed E-state index contributed by atoms with van der Waals surface area (Å²) in [6.07, 6.45) is 1.08. The standard InChI is InChI=1S/C16H20FNO3/c1-9-7-12(13(8-9)16(20)21)15(19)18-10(2)11-5-3-4-6-14(11)17/h3-6,9-10,12-13H,7-8H2,1-2H3,(H,18,19)(H,20,21)/t9?,10?,12-,13+/m0/s1. The third-order valence-electron chi connectivity index (χ3n) is 4.18. The molecule has 4 nitrogen and oxygen atoms in total. The van der Waals surface area contributed by atoms with Gasteiger partial charge in [-0.25, -0.2) is 4.39 Å². The molecule has 4 atom stereocenters. The fourth-order valence-electron chi connectivity index (χ4n) is 3.08. The second kappa shape index (κ2) is 6.24. The van der Waals surface area contributed by atoms with Crippen molar-refractivity contribution in [2.24, 2.45) is 17.8 Å². The number of halogens is 1. The average molecular weight is 293 g/mol. The molecule has 0 aromatic heterocycles. The summed E-state index contributed by atoms with van der Waals surface area (Å²) in [4.78, 5) is 23.5. The second-order valence-corrected chi connectivity index (χ2v) is 5.88. The number of hydrogen-bond donors (Lipinski definition) is 2. The van der Waals surface area contributed by atoms with E-state index in [0.717, 1.165) is 0 Å². The minimum Gasteiger partial charge on any atom is -0.481 e. The van der Waals surface area contributed by atoms with Crippen LogP contribution in [-0.2, 0) is 9.59 Å². The van der Waals surface area contributed by atoms with Gasteiger partial charge in [0.05, 0.1) is 17.9 Å². The Bertz CT molecular complexity index is 546. The molecule has 114 valence electrons. The Morgan fingerprint density at radius 1 is 1.29 bits per heavy atom. The first-order chi connectivity index (χ1) is 9.90. The van der Waals surface area contributed by atoms with Gasteiger partial charge in [-0.2, -0.15) is 0 Å². The number of amides is 1. The average Bonchev–Trinajstić information content (AvgIpc) is 2.81. The number of rotatable bonds is 4. The molecule has 1 saturated carbocycles. The van der Waals surface area contributed by atoms with Gasteiger partial charge in [0, 0.05) is 5.56 Å². The van der Waals surface area contributed by atoms with Gasteiger partial charge in [-0.05, 0) is 31.7 Å². The SMILES string of the molecule is CC1C[C@H](C(=O)NC(C)c2ccccc2F)[C@H](C(=O)O)C1. The van der Waals surface area contributed by atoms with Crippen molar-refractivity contribution in [3.8, 4) is 0 Å². The molecule has 1 aromatic carbocycles. The summed E-state index contributed by atoms with van der Waals surface area (Å²) in [6, 6.07) is 5.77. The molecule has 0 radical (unpaired) electrons. The molecule has 2 unspecified atom stereocenters. The highest BCUT2D eigenvalue weighted by atomic mass is 19.1. The minimum absolute atomic E-state index is 0.214. The second-order valence-electron chi connectivity index (χ2n) is 5.88. The largest absolute Gasteiger partial charge is 0.481 e. The molecule has 1 aliphatic carbocycles. The molecule has 5 heteroatoms. The number of carboxylic acid groups (broad SMARTS) is 1. The van der Waals surface area contributed by atoms with Crippen molar-refractivity contribution >= 4 is 11.9 Å². The van der Waals surface area contributed by atoms with Gasteiger partial charge < -0.3 is 10.4 Å². The van der Waals surface area contributed by atoms with Crippen molar-refractivity contribution in [1.82, 2.24) is 5.32 Å². The third kappa shape index (κ3) is 3.40. The zero-order chi connectivity index (χ0) is 15.6. The van der Waals surface area contributed by atoms with Crippen LogP contribution in [-0.4, -0.2) is 17.0 Å². The molecule has 0 heterocycles. The van der Waals surface area contributed by atoms with E-state index in [2.05, 4.69) is 5.32 Å². The maximum atomic E-state index is 13.7. The Kier molecular flexibility index (Phi) is 4.60. The van der Waals surface area contributed by atoms with E-state index in [1.165, 1.54) is 6.07 Å². The first-order valence-corrected chi connectivity index (χ1v) is 7.17. The van der Waals surface area contributed by atoms with E-state index in [4.69, 9.17) is 0 Å². The van der Waals surface area contributed by atoms with Crippen molar-refractivity contribution < 1.29 is 19.1 Å². The summed E-state index contributed by atoms with van der Waals surface area (Å²) in [6.45, 7) is 3.65. The van der Waals surface area contributed by atoms with Crippen LogP contribution in [0.2, 0.25) is 0 Å². The third-order valence-corrected chi connectivity index (χ3v) is 4.18. The first-order valence-electron chi connectivity index (χ1n) is 7.17. The number of aliphatic carboxylic acids is 1. The van der Waals surface area contributed by atoms with Gasteiger partial charge in [-0.15, -0.1) is 0 Å². The van der Waals surface area contributed by atoms with E-state index in [1.807, 2.05) is 6.92 Å². The molecule has 1 amide bonds. The molecule has 0 saturated heterocycles. The smallest absolute Gasteiger partial charge is 0.307 e. The van der Waals surface area contributed by atoms with Crippen molar-refractivity contribution in [2.75, 3.05) is 0 Å². The number of carbonyl (C=O) groups is 2. The molecule has 1 aliphatic rings. The Morgan fingerprint density at radius 2 is 1.90 bits per heavy atom. The van der Waals surface area contributed by atoms with Gasteiger partial charge in [0.25, 0.3) is 0 Å². The van der Waals surface area contributed by atoms with Crippen LogP contribution in [0, 0.1) is 23.6 Å². The molecule has 0 aliphatic heterocycles. The van der Waals surface area contributed by atoms with Crippen molar-refractivity contribution in [1.29, 1.82) is 0 Å². The summed E-state index contributed by atoms with van der Waals surface area (Å²) in [7, 11) is 0. The number of hydrogen-bond acceptors (Lipinski definition) is 2. The Balaban J connectivity index is 2.07. The van der Waals surface area contributed by atoms with Crippen molar-refractivity contribution in [3.05, 3.63) is 35.6 Å². The predicted molar refractivity (Wildman–Crippen MR) is 76.0 cm³/mol. The summed E-state index contributed by atoms with van der Waals surface area (Å²) >= 11 is 0. The summed E-state index contributed by atoms with van der Waals surface area (Å²) < 4.78 is 13.7. The molecule has 2 N–H and O–H groups in total.